The highest BCUT2D eigenvalue weighted by molar-refractivity contribution is 5.02. The first-order chi connectivity index (χ1) is 7.25. The second kappa shape index (κ2) is 4.39. The minimum absolute atomic E-state index is 0.550. The summed E-state index contributed by atoms with van der Waals surface area (Å²) in [4.78, 5) is 0. The third-order valence-electron chi connectivity index (χ3n) is 4.28. The Balaban J connectivity index is 5.72. The van der Waals surface area contributed by atoms with E-state index >= 15 is 0 Å². The van der Waals surface area contributed by atoms with Crippen molar-refractivity contribution in [3.63, 3.8) is 0 Å². The summed E-state index contributed by atoms with van der Waals surface area (Å²) in [5.74, 6) is -4.37. The molecule has 0 spiro atoms. The quantitative estimate of drug-likeness (QED) is 0.603. The van der Waals surface area contributed by atoms with E-state index in [1.807, 2.05) is 0 Å². The van der Waals surface area contributed by atoms with Crippen molar-refractivity contribution < 1.29 is 22.0 Å². The van der Waals surface area contributed by atoms with E-state index in [-0.39, 0.29) is 0 Å². The molecule has 0 saturated carbocycles. The molecule has 17 heavy (non-hydrogen) atoms. The Morgan fingerprint density at radius 1 is 0.882 bits per heavy atom. The summed E-state index contributed by atoms with van der Waals surface area (Å²) in [5.41, 5.74) is -4.71. The maximum Gasteiger partial charge on any atom is 0.399 e. The highest BCUT2D eigenvalue weighted by Crippen LogP contribution is 2.59. The molecule has 0 aromatic heterocycles. The molecule has 0 rings (SSSR count). The van der Waals surface area contributed by atoms with Crippen LogP contribution in [0.3, 0.4) is 0 Å². The topological polar surface area (TPSA) is 0 Å². The summed E-state index contributed by atoms with van der Waals surface area (Å²) in [5, 5.41) is 0. The SMILES string of the molecule is CCC(C)(C(F)(F)F)C(F)(F)C(C)(C)C(C)C. The molecule has 5 heteroatoms. The van der Waals surface area contributed by atoms with E-state index in [2.05, 4.69) is 0 Å². The van der Waals surface area contributed by atoms with Crippen molar-refractivity contribution in [3.8, 4) is 0 Å². The van der Waals surface area contributed by atoms with Gasteiger partial charge in [-0.15, -0.1) is 0 Å². The maximum atomic E-state index is 14.3. The van der Waals surface area contributed by atoms with E-state index in [1.54, 1.807) is 0 Å². The zero-order valence-electron chi connectivity index (χ0n) is 11.2. The van der Waals surface area contributed by atoms with Crippen LogP contribution < -0.4 is 0 Å². The number of halogens is 5. The molecule has 0 N–H and O–H groups in total. The summed E-state index contributed by atoms with van der Waals surface area (Å²) < 4.78 is 67.3. The van der Waals surface area contributed by atoms with Gasteiger partial charge in [0.1, 0.15) is 5.41 Å². The van der Waals surface area contributed by atoms with E-state index < -0.39 is 35.3 Å². The smallest absolute Gasteiger partial charge is 0.205 e. The van der Waals surface area contributed by atoms with Crippen molar-refractivity contribution in [2.45, 2.75) is 60.1 Å². The van der Waals surface area contributed by atoms with Gasteiger partial charge in [0.2, 0.25) is 0 Å². The third kappa shape index (κ3) is 2.29. The van der Waals surface area contributed by atoms with Gasteiger partial charge >= 0.3 is 6.18 Å². The van der Waals surface area contributed by atoms with Crippen LogP contribution in [-0.4, -0.2) is 12.1 Å². The van der Waals surface area contributed by atoms with E-state index in [0.717, 1.165) is 6.92 Å². The van der Waals surface area contributed by atoms with Gasteiger partial charge in [0, 0.05) is 5.41 Å². The van der Waals surface area contributed by atoms with Crippen molar-refractivity contribution in [2.24, 2.45) is 16.7 Å². The Bertz CT molecular complexity index is 265. The minimum Gasteiger partial charge on any atom is -0.205 e. The Morgan fingerprint density at radius 3 is 1.41 bits per heavy atom. The number of alkyl halides is 5. The van der Waals surface area contributed by atoms with E-state index in [4.69, 9.17) is 0 Å². The number of rotatable bonds is 4. The molecule has 0 aliphatic rings. The normalized spacial score (nSPS) is 18.4. The zero-order chi connectivity index (χ0) is 14.3. The van der Waals surface area contributed by atoms with Crippen molar-refractivity contribution in [2.75, 3.05) is 0 Å². The van der Waals surface area contributed by atoms with Crippen LogP contribution >= 0.6 is 0 Å². The van der Waals surface area contributed by atoms with Crippen LogP contribution in [0.25, 0.3) is 0 Å². The molecule has 0 bridgehead atoms. The molecule has 104 valence electrons. The van der Waals surface area contributed by atoms with Gasteiger partial charge in [0.15, 0.2) is 0 Å². The first kappa shape index (κ1) is 16.6. The van der Waals surface area contributed by atoms with Crippen molar-refractivity contribution in [1.29, 1.82) is 0 Å². The molecule has 1 unspecified atom stereocenters. The van der Waals surface area contributed by atoms with Crippen LogP contribution in [-0.2, 0) is 0 Å². The van der Waals surface area contributed by atoms with E-state index in [1.165, 1.54) is 27.7 Å². The summed E-state index contributed by atoms with van der Waals surface area (Å²) in [6.07, 6.45) is -5.56. The molecular weight excluding hydrogens is 239 g/mol. The van der Waals surface area contributed by atoms with Crippen LogP contribution in [0.2, 0.25) is 0 Å². The van der Waals surface area contributed by atoms with Crippen molar-refractivity contribution in [3.05, 3.63) is 0 Å². The molecule has 0 heterocycles. The first-order valence-corrected chi connectivity index (χ1v) is 5.70. The molecule has 0 aromatic rings. The van der Waals surface area contributed by atoms with Crippen LogP contribution in [0.1, 0.15) is 48.0 Å². The van der Waals surface area contributed by atoms with Gasteiger partial charge in [0.05, 0.1) is 0 Å². The largest absolute Gasteiger partial charge is 0.399 e. The highest BCUT2D eigenvalue weighted by Gasteiger charge is 2.70. The van der Waals surface area contributed by atoms with Gasteiger partial charge < -0.3 is 0 Å². The first-order valence-electron chi connectivity index (χ1n) is 5.70. The zero-order valence-corrected chi connectivity index (χ0v) is 11.2. The minimum atomic E-state index is -4.92. The van der Waals surface area contributed by atoms with E-state index in [0.29, 0.717) is 6.92 Å². The van der Waals surface area contributed by atoms with Gasteiger partial charge in [0.25, 0.3) is 5.92 Å². The van der Waals surface area contributed by atoms with Crippen LogP contribution in [0, 0.1) is 16.7 Å². The molecule has 0 nitrogen and oxygen atoms in total. The molecule has 0 amide bonds. The Labute approximate surface area is 99.6 Å². The summed E-state index contributed by atoms with van der Waals surface area (Å²) in [6, 6.07) is 0. The summed E-state index contributed by atoms with van der Waals surface area (Å²) in [7, 11) is 0. The molecule has 0 radical (unpaired) electrons. The third-order valence-corrected chi connectivity index (χ3v) is 4.28. The predicted molar refractivity (Wildman–Crippen MR) is 58.0 cm³/mol. The van der Waals surface area contributed by atoms with Gasteiger partial charge in [-0.1, -0.05) is 34.6 Å². The lowest BCUT2D eigenvalue weighted by molar-refractivity contribution is -0.326. The van der Waals surface area contributed by atoms with Gasteiger partial charge in [-0.2, -0.15) is 13.2 Å². The fourth-order valence-electron chi connectivity index (χ4n) is 1.67. The van der Waals surface area contributed by atoms with Crippen molar-refractivity contribution in [1.82, 2.24) is 0 Å². The lowest BCUT2D eigenvalue weighted by Gasteiger charge is -2.48. The Morgan fingerprint density at radius 2 is 1.24 bits per heavy atom. The molecule has 0 aromatic carbocycles. The Hall–Kier alpha value is -0.350. The molecular formula is C12H21F5. The molecule has 1 atom stereocenters. The second-order valence-corrected chi connectivity index (χ2v) is 5.63. The molecule has 0 fully saturated rings. The lowest BCUT2D eigenvalue weighted by Crippen LogP contribution is -2.58. The summed E-state index contributed by atoms with van der Waals surface area (Å²) in [6.45, 7) is 7.17. The van der Waals surface area contributed by atoms with Crippen LogP contribution in [0.4, 0.5) is 22.0 Å². The molecule has 0 saturated heterocycles. The lowest BCUT2D eigenvalue weighted by atomic mass is 9.63. The van der Waals surface area contributed by atoms with Gasteiger partial charge in [-0.25, -0.2) is 8.78 Å². The number of hydrogen-bond donors (Lipinski definition) is 0. The average molecular weight is 260 g/mol. The molecule has 0 aliphatic carbocycles. The number of hydrogen-bond acceptors (Lipinski definition) is 0. The molecule has 0 aliphatic heterocycles. The van der Waals surface area contributed by atoms with Gasteiger partial charge in [-0.05, 0) is 19.3 Å². The predicted octanol–water partition coefficient (Wildman–Crippen LogP) is 5.28. The average Bonchev–Trinajstić information content (AvgIpc) is 2.13. The van der Waals surface area contributed by atoms with Crippen LogP contribution in [0.5, 0.6) is 0 Å². The van der Waals surface area contributed by atoms with E-state index in [9.17, 15) is 22.0 Å². The van der Waals surface area contributed by atoms with Crippen molar-refractivity contribution >= 4 is 0 Å². The van der Waals surface area contributed by atoms with Crippen LogP contribution in [0.15, 0.2) is 0 Å². The Kier molecular flexibility index (Phi) is 4.30. The fourth-order valence-corrected chi connectivity index (χ4v) is 1.67. The second-order valence-electron chi connectivity index (χ2n) is 5.63. The van der Waals surface area contributed by atoms with Gasteiger partial charge in [-0.3, -0.25) is 0 Å². The maximum absolute atomic E-state index is 14.3. The fraction of sp³-hybridized carbons (Fsp3) is 1.00. The summed E-state index contributed by atoms with van der Waals surface area (Å²) >= 11 is 0. The highest BCUT2D eigenvalue weighted by atomic mass is 19.4. The standard InChI is InChI=1S/C12H21F5/c1-7-10(6,12(15,16)17)11(13,14)9(4,5)8(2)3/h8H,7H2,1-6H3. The monoisotopic (exact) mass is 260 g/mol.